The highest BCUT2D eigenvalue weighted by atomic mass is 16.2. The van der Waals surface area contributed by atoms with Gasteiger partial charge in [0.2, 0.25) is 5.91 Å². The molecule has 0 spiro atoms. The summed E-state index contributed by atoms with van der Waals surface area (Å²) < 4.78 is 0. The van der Waals surface area contributed by atoms with Crippen molar-refractivity contribution in [1.29, 1.82) is 0 Å². The van der Waals surface area contributed by atoms with Gasteiger partial charge < -0.3 is 5.32 Å². The molecule has 2 aromatic rings. The van der Waals surface area contributed by atoms with Crippen LogP contribution in [0.2, 0.25) is 0 Å². The molecule has 3 nitrogen and oxygen atoms in total. The maximum absolute atomic E-state index is 12.7. The van der Waals surface area contributed by atoms with E-state index in [9.17, 15) is 4.79 Å². The molecule has 0 saturated heterocycles. The van der Waals surface area contributed by atoms with E-state index >= 15 is 0 Å². The summed E-state index contributed by atoms with van der Waals surface area (Å²) in [6, 6.07) is 15.6. The first-order valence-electron chi connectivity index (χ1n) is 7.08. The first-order valence-corrected chi connectivity index (χ1v) is 7.08. The number of anilines is 1. The van der Waals surface area contributed by atoms with Crippen LogP contribution in [0.25, 0.3) is 0 Å². The van der Waals surface area contributed by atoms with E-state index in [-0.39, 0.29) is 11.9 Å². The van der Waals surface area contributed by atoms with E-state index in [1.165, 1.54) is 0 Å². The van der Waals surface area contributed by atoms with Crippen molar-refractivity contribution in [3.05, 3.63) is 65.2 Å². The van der Waals surface area contributed by atoms with Gasteiger partial charge in [-0.2, -0.15) is 0 Å². The predicted molar refractivity (Wildman–Crippen MR) is 87.4 cm³/mol. The third-order valence-corrected chi connectivity index (χ3v) is 3.53. The van der Waals surface area contributed by atoms with Crippen molar-refractivity contribution in [3.63, 3.8) is 0 Å². The number of carbonyl (C=O) groups is 1. The Bertz CT molecular complexity index is 620. The molecule has 2 rings (SSSR count). The highest BCUT2D eigenvalue weighted by molar-refractivity contribution is 5.96. The minimum Gasteiger partial charge on any atom is -0.324 e. The van der Waals surface area contributed by atoms with Gasteiger partial charge in [-0.05, 0) is 50.7 Å². The number of likely N-dealkylation sites (N-methyl/N-ethyl adjacent to an activating group) is 1. The van der Waals surface area contributed by atoms with Gasteiger partial charge in [0.25, 0.3) is 0 Å². The molecule has 0 bridgehead atoms. The number of rotatable bonds is 4. The Kier molecular flexibility index (Phi) is 4.76. The molecule has 0 aliphatic carbocycles. The average molecular weight is 282 g/mol. The summed E-state index contributed by atoms with van der Waals surface area (Å²) in [5.41, 5.74) is 4.07. The molecule has 3 heteroatoms. The van der Waals surface area contributed by atoms with Crippen molar-refractivity contribution in [2.24, 2.45) is 0 Å². The maximum Gasteiger partial charge on any atom is 0.246 e. The van der Waals surface area contributed by atoms with Crippen LogP contribution in [-0.2, 0) is 4.79 Å². The zero-order valence-electron chi connectivity index (χ0n) is 13.1. The molecule has 0 radical (unpaired) electrons. The summed E-state index contributed by atoms with van der Waals surface area (Å²) in [6.45, 7) is 4.03. The zero-order valence-corrected chi connectivity index (χ0v) is 13.1. The molecule has 0 aliphatic heterocycles. The molecule has 110 valence electrons. The van der Waals surface area contributed by atoms with Gasteiger partial charge in [-0.15, -0.1) is 0 Å². The topological polar surface area (TPSA) is 32.3 Å². The van der Waals surface area contributed by atoms with Crippen molar-refractivity contribution in [2.75, 3.05) is 19.4 Å². The third kappa shape index (κ3) is 3.70. The third-order valence-electron chi connectivity index (χ3n) is 3.53. The van der Waals surface area contributed by atoms with E-state index in [4.69, 9.17) is 0 Å². The lowest BCUT2D eigenvalue weighted by Crippen LogP contribution is -2.32. The second-order valence-electron chi connectivity index (χ2n) is 5.58. The number of nitrogens with zero attached hydrogens (tertiary/aromatic N) is 1. The number of aryl methyl sites for hydroxylation is 2. The molecule has 1 amide bonds. The fourth-order valence-corrected chi connectivity index (χ4v) is 2.39. The molecule has 1 unspecified atom stereocenters. The molecular weight excluding hydrogens is 260 g/mol. The standard InChI is InChI=1S/C18H22N2O/c1-13-10-11-14(2)16(12-13)19-18(21)17(20(3)4)15-8-6-5-7-9-15/h5-12,17H,1-4H3,(H,19,21). The van der Waals surface area contributed by atoms with Gasteiger partial charge in [-0.25, -0.2) is 0 Å². The van der Waals surface area contributed by atoms with Crippen LogP contribution in [0.15, 0.2) is 48.5 Å². The van der Waals surface area contributed by atoms with Gasteiger partial charge in [-0.3, -0.25) is 9.69 Å². The van der Waals surface area contributed by atoms with Gasteiger partial charge in [0, 0.05) is 5.69 Å². The quantitative estimate of drug-likeness (QED) is 0.930. The Balaban J connectivity index is 2.26. The first kappa shape index (κ1) is 15.3. The van der Waals surface area contributed by atoms with Gasteiger partial charge >= 0.3 is 0 Å². The summed E-state index contributed by atoms with van der Waals surface area (Å²) >= 11 is 0. The van der Waals surface area contributed by atoms with Crippen LogP contribution in [0.3, 0.4) is 0 Å². The fraction of sp³-hybridized carbons (Fsp3) is 0.278. The van der Waals surface area contributed by atoms with Crippen molar-refractivity contribution >= 4 is 11.6 Å². The summed E-state index contributed by atoms with van der Waals surface area (Å²) in [5, 5.41) is 3.05. The van der Waals surface area contributed by atoms with Crippen LogP contribution in [-0.4, -0.2) is 24.9 Å². The van der Waals surface area contributed by atoms with Gasteiger partial charge in [-0.1, -0.05) is 42.5 Å². The molecule has 1 N–H and O–H groups in total. The average Bonchev–Trinajstić information content (AvgIpc) is 2.44. The van der Waals surface area contributed by atoms with E-state index in [1.54, 1.807) is 0 Å². The van der Waals surface area contributed by atoms with E-state index in [1.807, 2.05) is 81.4 Å². The van der Waals surface area contributed by atoms with Crippen molar-refractivity contribution < 1.29 is 4.79 Å². The maximum atomic E-state index is 12.7. The summed E-state index contributed by atoms with van der Waals surface area (Å²) in [7, 11) is 3.83. The van der Waals surface area contributed by atoms with Crippen LogP contribution in [0.1, 0.15) is 22.7 Å². The number of hydrogen-bond donors (Lipinski definition) is 1. The van der Waals surface area contributed by atoms with Gasteiger partial charge in [0.1, 0.15) is 6.04 Å². The molecule has 21 heavy (non-hydrogen) atoms. The van der Waals surface area contributed by atoms with E-state index in [0.29, 0.717) is 0 Å². The lowest BCUT2D eigenvalue weighted by Gasteiger charge is -2.24. The summed E-state index contributed by atoms with van der Waals surface area (Å²) in [5.74, 6) is -0.0140. The molecule has 0 fully saturated rings. The number of benzene rings is 2. The molecule has 2 aromatic carbocycles. The minimum atomic E-state index is -0.300. The molecule has 0 heterocycles. The van der Waals surface area contributed by atoms with Crippen LogP contribution >= 0.6 is 0 Å². The summed E-state index contributed by atoms with van der Waals surface area (Å²) in [4.78, 5) is 14.6. The Morgan fingerprint density at radius 3 is 2.33 bits per heavy atom. The molecular formula is C18H22N2O. The van der Waals surface area contributed by atoms with E-state index in [0.717, 1.165) is 22.4 Å². The number of hydrogen-bond acceptors (Lipinski definition) is 2. The number of nitrogens with one attached hydrogen (secondary N) is 1. The van der Waals surface area contributed by atoms with E-state index < -0.39 is 0 Å². The second-order valence-corrected chi connectivity index (χ2v) is 5.58. The lowest BCUT2D eigenvalue weighted by atomic mass is 10.0. The Morgan fingerprint density at radius 1 is 1.05 bits per heavy atom. The molecule has 0 saturated carbocycles. The Hall–Kier alpha value is -2.13. The van der Waals surface area contributed by atoms with Gasteiger partial charge in [0.05, 0.1) is 0 Å². The van der Waals surface area contributed by atoms with Crippen LogP contribution in [0.4, 0.5) is 5.69 Å². The van der Waals surface area contributed by atoms with Crippen LogP contribution < -0.4 is 5.32 Å². The smallest absolute Gasteiger partial charge is 0.246 e. The SMILES string of the molecule is Cc1ccc(C)c(NC(=O)C(c2ccccc2)N(C)C)c1. The van der Waals surface area contributed by atoms with Crippen LogP contribution in [0, 0.1) is 13.8 Å². The molecule has 0 aliphatic rings. The number of amides is 1. The highest BCUT2D eigenvalue weighted by Crippen LogP contribution is 2.22. The van der Waals surface area contributed by atoms with Crippen LogP contribution in [0.5, 0.6) is 0 Å². The Labute approximate surface area is 126 Å². The van der Waals surface area contributed by atoms with Crippen molar-refractivity contribution in [2.45, 2.75) is 19.9 Å². The predicted octanol–water partition coefficient (Wildman–Crippen LogP) is 3.54. The summed E-state index contributed by atoms with van der Waals surface area (Å²) in [6.07, 6.45) is 0. The van der Waals surface area contributed by atoms with Crippen molar-refractivity contribution in [1.82, 2.24) is 4.90 Å². The zero-order chi connectivity index (χ0) is 15.4. The first-order chi connectivity index (χ1) is 9.99. The monoisotopic (exact) mass is 282 g/mol. The van der Waals surface area contributed by atoms with E-state index in [2.05, 4.69) is 5.32 Å². The Morgan fingerprint density at radius 2 is 1.71 bits per heavy atom. The normalized spacial score (nSPS) is 12.2. The second kappa shape index (κ2) is 6.55. The minimum absolute atomic E-state index is 0.0140. The largest absolute Gasteiger partial charge is 0.324 e. The lowest BCUT2D eigenvalue weighted by molar-refractivity contribution is -0.120. The molecule has 0 aromatic heterocycles. The number of carbonyl (C=O) groups excluding carboxylic acids is 1. The fourth-order valence-electron chi connectivity index (χ4n) is 2.39. The van der Waals surface area contributed by atoms with Crippen molar-refractivity contribution in [3.8, 4) is 0 Å². The van der Waals surface area contributed by atoms with Gasteiger partial charge in [0.15, 0.2) is 0 Å². The highest BCUT2D eigenvalue weighted by Gasteiger charge is 2.23. The molecule has 1 atom stereocenters.